The number of nitrogens with zero attached hydrogens (tertiary/aromatic N) is 1. The van der Waals surface area contributed by atoms with Gasteiger partial charge in [0.05, 0.1) is 11.6 Å². The van der Waals surface area contributed by atoms with Crippen molar-refractivity contribution < 1.29 is 9.21 Å². The number of rotatable bonds is 5. The number of carbonyl (C=O) groups excluding carboxylic acids is 1. The largest absolute Gasteiger partial charge is 0.458 e. The van der Waals surface area contributed by atoms with Gasteiger partial charge in [0.2, 0.25) is 5.91 Å². The summed E-state index contributed by atoms with van der Waals surface area (Å²) in [4.78, 5) is 15.5. The molecular formula is C17H16N2O2S. The SMILES string of the molecule is CC(=O)NCc1ccc(-c2csc(Cc3ccccc3)n2)o1. The van der Waals surface area contributed by atoms with Gasteiger partial charge >= 0.3 is 0 Å². The molecule has 0 spiro atoms. The first-order valence-corrected chi connectivity index (χ1v) is 7.90. The first-order valence-electron chi connectivity index (χ1n) is 7.02. The van der Waals surface area contributed by atoms with E-state index in [0.29, 0.717) is 6.54 Å². The molecule has 22 heavy (non-hydrogen) atoms. The fourth-order valence-electron chi connectivity index (χ4n) is 2.10. The molecule has 1 N–H and O–H groups in total. The Hall–Kier alpha value is -2.40. The molecule has 0 aliphatic rings. The highest BCUT2D eigenvalue weighted by Crippen LogP contribution is 2.25. The number of carbonyl (C=O) groups is 1. The topological polar surface area (TPSA) is 55.1 Å². The van der Waals surface area contributed by atoms with Gasteiger partial charge in [-0.3, -0.25) is 4.79 Å². The second-order valence-electron chi connectivity index (χ2n) is 4.96. The smallest absolute Gasteiger partial charge is 0.217 e. The van der Waals surface area contributed by atoms with Gasteiger partial charge in [-0.15, -0.1) is 11.3 Å². The number of benzene rings is 1. The van der Waals surface area contributed by atoms with Gasteiger partial charge in [0.1, 0.15) is 11.5 Å². The number of hydrogen-bond donors (Lipinski definition) is 1. The van der Waals surface area contributed by atoms with Crippen molar-refractivity contribution in [2.45, 2.75) is 19.9 Å². The molecule has 0 saturated carbocycles. The van der Waals surface area contributed by atoms with Crippen molar-refractivity contribution >= 4 is 17.2 Å². The van der Waals surface area contributed by atoms with Crippen LogP contribution in [0.3, 0.4) is 0 Å². The van der Waals surface area contributed by atoms with Gasteiger partial charge < -0.3 is 9.73 Å². The number of nitrogens with one attached hydrogen (secondary N) is 1. The minimum atomic E-state index is -0.0724. The lowest BCUT2D eigenvalue weighted by Crippen LogP contribution is -2.18. The predicted molar refractivity (Wildman–Crippen MR) is 86.6 cm³/mol. The Balaban J connectivity index is 1.69. The van der Waals surface area contributed by atoms with E-state index in [1.807, 2.05) is 35.7 Å². The fraction of sp³-hybridized carbons (Fsp3) is 0.176. The summed E-state index contributed by atoms with van der Waals surface area (Å²) in [6.45, 7) is 1.89. The van der Waals surface area contributed by atoms with Gasteiger partial charge in [0.15, 0.2) is 5.76 Å². The summed E-state index contributed by atoms with van der Waals surface area (Å²) in [6.07, 6.45) is 0.824. The quantitative estimate of drug-likeness (QED) is 0.782. The van der Waals surface area contributed by atoms with Gasteiger partial charge in [-0.05, 0) is 17.7 Å². The van der Waals surface area contributed by atoms with Crippen LogP contribution in [0.2, 0.25) is 0 Å². The average molecular weight is 312 g/mol. The van der Waals surface area contributed by atoms with Crippen LogP contribution < -0.4 is 5.32 Å². The number of amides is 1. The molecule has 0 bridgehead atoms. The molecule has 0 fully saturated rings. The number of furan rings is 1. The summed E-state index contributed by atoms with van der Waals surface area (Å²) in [5, 5.41) is 5.77. The lowest BCUT2D eigenvalue weighted by atomic mass is 10.2. The van der Waals surface area contributed by atoms with Crippen molar-refractivity contribution in [2.75, 3.05) is 0 Å². The van der Waals surface area contributed by atoms with Crippen LogP contribution in [0.15, 0.2) is 52.3 Å². The number of hydrogen-bond acceptors (Lipinski definition) is 4. The summed E-state index contributed by atoms with van der Waals surface area (Å²) in [5.74, 6) is 1.38. The minimum absolute atomic E-state index is 0.0724. The van der Waals surface area contributed by atoms with Crippen LogP contribution in [0, 0.1) is 0 Å². The van der Waals surface area contributed by atoms with Crippen molar-refractivity contribution in [3.63, 3.8) is 0 Å². The summed E-state index contributed by atoms with van der Waals surface area (Å²) >= 11 is 1.63. The maximum Gasteiger partial charge on any atom is 0.217 e. The zero-order chi connectivity index (χ0) is 15.4. The molecule has 0 unspecified atom stereocenters. The lowest BCUT2D eigenvalue weighted by Gasteiger charge is -1.97. The van der Waals surface area contributed by atoms with Crippen LogP contribution >= 0.6 is 11.3 Å². The van der Waals surface area contributed by atoms with E-state index in [4.69, 9.17) is 4.42 Å². The van der Waals surface area contributed by atoms with Crippen LogP contribution in [0.25, 0.3) is 11.5 Å². The second-order valence-corrected chi connectivity index (χ2v) is 5.91. The minimum Gasteiger partial charge on any atom is -0.458 e. The van der Waals surface area contributed by atoms with Crippen molar-refractivity contribution in [3.05, 3.63) is 64.2 Å². The van der Waals surface area contributed by atoms with E-state index in [1.54, 1.807) is 11.3 Å². The van der Waals surface area contributed by atoms with E-state index in [-0.39, 0.29) is 5.91 Å². The Labute approximate surface area is 132 Å². The van der Waals surface area contributed by atoms with Crippen molar-refractivity contribution in [1.29, 1.82) is 0 Å². The molecule has 3 rings (SSSR count). The summed E-state index contributed by atoms with van der Waals surface area (Å²) in [5.41, 5.74) is 2.08. The highest BCUT2D eigenvalue weighted by Gasteiger charge is 2.10. The van der Waals surface area contributed by atoms with Gasteiger partial charge in [-0.1, -0.05) is 30.3 Å². The van der Waals surface area contributed by atoms with Crippen LogP contribution in [0.5, 0.6) is 0 Å². The van der Waals surface area contributed by atoms with Gasteiger partial charge in [-0.2, -0.15) is 0 Å². The molecule has 4 nitrogen and oxygen atoms in total. The predicted octanol–water partition coefficient (Wildman–Crippen LogP) is 3.63. The molecular weight excluding hydrogens is 296 g/mol. The molecule has 0 atom stereocenters. The molecule has 5 heteroatoms. The Morgan fingerprint density at radius 2 is 2.05 bits per heavy atom. The van der Waals surface area contributed by atoms with E-state index in [9.17, 15) is 4.79 Å². The Morgan fingerprint density at radius 1 is 1.23 bits per heavy atom. The summed E-state index contributed by atoms with van der Waals surface area (Å²) in [6, 6.07) is 14.0. The van der Waals surface area contributed by atoms with Crippen molar-refractivity contribution in [3.8, 4) is 11.5 Å². The average Bonchev–Trinajstić information content (AvgIpc) is 3.15. The first kappa shape index (κ1) is 14.5. The molecule has 0 aliphatic carbocycles. The molecule has 1 amide bonds. The normalized spacial score (nSPS) is 10.6. The Morgan fingerprint density at radius 3 is 2.82 bits per heavy atom. The van der Waals surface area contributed by atoms with Gasteiger partial charge in [0.25, 0.3) is 0 Å². The molecule has 0 saturated heterocycles. The van der Waals surface area contributed by atoms with E-state index in [2.05, 4.69) is 22.4 Å². The zero-order valence-electron chi connectivity index (χ0n) is 12.2. The monoisotopic (exact) mass is 312 g/mol. The van der Waals surface area contributed by atoms with Crippen LogP contribution in [0.4, 0.5) is 0 Å². The molecule has 2 aromatic heterocycles. The highest BCUT2D eigenvalue weighted by atomic mass is 32.1. The van der Waals surface area contributed by atoms with E-state index < -0.39 is 0 Å². The summed E-state index contributed by atoms with van der Waals surface area (Å²) < 4.78 is 5.71. The Bertz CT molecular complexity index is 762. The molecule has 112 valence electrons. The molecule has 1 aromatic carbocycles. The van der Waals surface area contributed by atoms with E-state index in [1.165, 1.54) is 12.5 Å². The van der Waals surface area contributed by atoms with E-state index in [0.717, 1.165) is 28.6 Å². The number of aromatic nitrogens is 1. The third-order valence-corrected chi connectivity index (χ3v) is 4.02. The lowest BCUT2D eigenvalue weighted by molar-refractivity contribution is -0.119. The molecule has 0 radical (unpaired) electrons. The third-order valence-electron chi connectivity index (χ3n) is 3.18. The van der Waals surface area contributed by atoms with Crippen LogP contribution in [-0.2, 0) is 17.8 Å². The number of thiazole rings is 1. The summed E-state index contributed by atoms with van der Waals surface area (Å²) in [7, 11) is 0. The highest BCUT2D eigenvalue weighted by molar-refractivity contribution is 7.10. The third kappa shape index (κ3) is 3.62. The maximum atomic E-state index is 10.9. The van der Waals surface area contributed by atoms with Gasteiger partial charge in [0, 0.05) is 18.7 Å². The van der Waals surface area contributed by atoms with Crippen LogP contribution in [-0.4, -0.2) is 10.9 Å². The Kier molecular flexibility index (Phi) is 4.34. The maximum absolute atomic E-state index is 10.9. The van der Waals surface area contributed by atoms with Crippen molar-refractivity contribution in [2.24, 2.45) is 0 Å². The molecule has 0 aliphatic heterocycles. The fourth-order valence-corrected chi connectivity index (χ4v) is 2.92. The first-order chi connectivity index (χ1) is 10.7. The van der Waals surface area contributed by atoms with E-state index >= 15 is 0 Å². The van der Waals surface area contributed by atoms with Crippen molar-refractivity contribution in [1.82, 2.24) is 10.3 Å². The van der Waals surface area contributed by atoms with Gasteiger partial charge in [-0.25, -0.2) is 4.98 Å². The molecule has 2 heterocycles. The zero-order valence-corrected chi connectivity index (χ0v) is 13.0. The standard InChI is InChI=1S/C17H16N2O2S/c1-12(20)18-10-14-7-8-16(21-14)15-11-22-17(19-15)9-13-5-3-2-4-6-13/h2-8,11H,9-10H2,1H3,(H,18,20). The second kappa shape index (κ2) is 6.58. The molecule has 3 aromatic rings. The van der Waals surface area contributed by atoms with Crippen LogP contribution in [0.1, 0.15) is 23.3 Å².